The van der Waals surface area contributed by atoms with Gasteiger partial charge in [0.2, 0.25) is 5.95 Å². The average molecular weight is 496 g/mol. The van der Waals surface area contributed by atoms with Crippen molar-refractivity contribution in [2.24, 2.45) is 0 Å². The lowest BCUT2D eigenvalue weighted by atomic mass is 10.0. The van der Waals surface area contributed by atoms with Crippen molar-refractivity contribution in [3.8, 4) is 11.5 Å². The van der Waals surface area contributed by atoms with Gasteiger partial charge in [-0.1, -0.05) is 31.6 Å². The van der Waals surface area contributed by atoms with E-state index in [1.807, 2.05) is 26.1 Å². The zero-order chi connectivity index (χ0) is 24.5. The number of aliphatic hydroxyl groups is 1. The number of nitrogens with zero attached hydrogens (tertiary/aromatic N) is 4. The van der Waals surface area contributed by atoms with Crippen LogP contribution in [-0.4, -0.2) is 63.3 Å². The highest BCUT2D eigenvalue weighted by atomic mass is 32.2. The molecular formula is C25H33N5O2SSi. The predicted molar refractivity (Wildman–Crippen MR) is 141 cm³/mol. The van der Waals surface area contributed by atoms with Gasteiger partial charge < -0.3 is 15.3 Å². The Hall–Kier alpha value is -2.54. The quantitative estimate of drug-likeness (QED) is 0.486. The molecule has 0 saturated heterocycles. The van der Waals surface area contributed by atoms with Crippen LogP contribution in [0.1, 0.15) is 37.2 Å². The van der Waals surface area contributed by atoms with Crippen molar-refractivity contribution >= 4 is 36.2 Å². The Kier molecular flexibility index (Phi) is 6.94. The summed E-state index contributed by atoms with van der Waals surface area (Å²) in [7, 11) is -2.52. The molecule has 0 fully saturated rings. The lowest BCUT2D eigenvalue weighted by molar-refractivity contribution is 0.233. The first-order valence-corrected chi connectivity index (χ1v) is 16.5. The fraction of sp³-hybridized carbons (Fsp3) is 0.480. The van der Waals surface area contributed by atoms with Crippen molar-refractivity contribution in [2.45, 2.75) is 56.8 Å². The smallest absolute Gasteiger partial charge is 0.227 e. The van der Waals surface area contributed by atoms with E-state index in [0.29, 0.717) is 35.4 Å². The molecule has 7 nitrogen and oxygen atoms in total. The van der Waals surface area contributed by atoms with E-state index in [0.717, 1.165) is 29.9 Å². The minimum atomic E-state index is -1.41. The van der Waals surface area contributed by atoms with E-state index in [-0.39, 0.29) is 6.61 Å². The van der Waals surface area contributed by atoms with Crippen molar-refractivity contribution in [2.75, 3.05) is 35.7 Å². The summed E-state index contributed by atoms with van der Waals surface area (Å²) in [6.07, 6.45) is 5.56. The van der Waals surface area contributed by atoms with Crippen LogP contribution >= 0.6 is 0 Å². The van der Waals surface area contributed by atoms with Gasteiger partial charge in [0.15, 0.2) is 0 Å². The molecule has 0 aliphatic carbocycles. The van der Waals surface area contributed by atoms with E-state index in [1.54, 1.807) is 0 Å². The van der Waals surface area contributed by atoms with Crippen LogP contribution in [-0.2, 0) is 17.2 Å². The third-order valence-corrected chi connectivity index (χ3v) is 8.03. The number of aromatic nitrogens is 3. The Morgan fingerprint density at radius 3 is 2.65 bits per heavy atom. The van der Waals surface area contributed by atoms with Crippen LogP contribution in [0.25, 0.3) is 5.57 Å². The van der Waals surface area contributed by atoms with Crippen molar-refractivity contribution in [3.63, 3.8) is 0 Å². The summed E-state index contributed by atoms with van der Waals surface area (Å²) < 4.78 is 12.6. The van der Waals surface area contributed by atoms with E-state index >= 15 is 0 Å². The second-order valence-electron chi connectivity index (χ2n) is 10.5. The van der Waals surface area contributed by atoms with Gasteiger partial charge in [0.05, 0.1) is 34.3 Å². The maximum atomic E-state index is 12.6. The lowest BCUT2D eigenvalue weighted by Gasteiger charge is -2.29. The second-order valence-corrected chi connectivity index (χ2v) is 16.7. The zero-order valence-electron chi connectivity index (χ0n) is 20.6. The molecule has 2 aromatic rings. The average Bonchev–Trinajstić information content (AvgIpc) is 3.18. The molecule has 4 heterocycles. The molecule has 0 amide bonds. The Morgan fingerprint density at radius 1 is 1.24 bits per heavy atom. The summed E-state index contributed by atoms with van der Waals surface area (Å²) in [4.78, 5) is 17.0. The molecule has 0 spiro atoms. The molecule has 2 N–H and O–H groups in total. The molecule has 0 bridgehead atoms. The van der Waals surface area contributed by atoms with Crippen LogP contribution in [0.5, 0.6) is 0 Å². The standard InChI is InChI=1S/C25H33N5O2SSi/c1-25(2,17-31)29-23-22-21(10-14-33(22)32)27-24(28-23)30-12-8-19(9-13-30)20-7-6-18(16-26-20)11-15-34(3,4)5/h6-8,16,31H,9-10,12-14,17H2,1-5H3,(H,27,28,29). The van der Waals surface area contributed by atoms with Gasteiger partial charge in [0.25, 0.3) is 0 Å². The summed E-state index contributed by atoms with van der Waals surface area (Å²) in [6.45, 7) is 11.9. The van der Waals surface area contributed by atoms with Gasteiger partial charge in [-0.25, -0.2) is 4.98 Å². The molecular weight excluding hydrogens is 462 g/mol. The van der Waals surface area contributed by atoms with Crippen LogP contribution in [0.3, 0.4) is 0 Å². The molecule has 9 heteroatoms. The van der Waals surface area contributed by atoms with Crippen molar-refractivity contribution in [3.05, 3.63) is 41.4 Å². The lowest BCUT2D eigenvalue weighted by Crippen LogP contribution is -2.36. The number of anilines is 2. The summed E-state index contributed by atoms with van der Waals surface area (Å²) in [6, 6.07) is 4.10. The van der Waals surface area contributed by atoms with Crippen LogP contribution in [0.2, 0.25) is 19.6 Å². The first-order chi connectivity index (χ1) is 16.0. The van der Waals surface area contributed by atoms with Crippen molar-refractivity contribution < 1.29 is 9.32 Å². The first-order valence-electron chi connectivity index (χ1n) is 11.7. The Labute approximate surface area is 205 Å². The molecule has 2 aliphatic heterocycles. The van der Waals surface area contributed by atoms with Gasteiger partial charge in [-0.05, 0) is 38.0 Å². The van der Waals surface area contributed by atoms with Crippen molar-refractivity contribution in [1.82, 2.24) is 15.0 Å². The van der Waals surface area contributed by atoms with Crippen LogP contribution < -0.4 is 10.2 Å². The van der Waals surface area contributed by atoms with Gasteiger partial charge >= 0.3 is 0 Å². The fourth-order valence-electron chi connectivity index (χ4n) is 3.77. The molecule has 34 heavy (non-hydrogen) atoms. The molecule has 0 aromatic carbocycles. The number of hydrogen-bond donors (Lipinski definition) is 2. The third kappa shape index (κ3) is 5.74. The van der Waals surface area contributed by atoms with E-state index in [9.17, 15) is 9.32 Å². The number of aryl methyl sites for hydroxylation is 1. The van der Waals surface area contributed by atoms with Crippen molar-refractivity contribution in [1.29, 1.82) is 0 Å². The largest absolute Gasteiger partial charge is 0.394 e. The number of rotatable bonds is 5. The molecule has 2 aliphatic rings. The number of nitrogens with one attached hydrogen (secondary N) is 1. The van der Waals surface area contributed by atoms with Gasteiger partial charge in [0.1, 0.15) is 18.8 Å². The van der Waals surface area contributed by atoms with E-state index in [1.165, 1.54) is 5.57 Å². The van der Waals surface area contributed by atoms with Gasteiger partial charge in [-0.3, -0.25) is 9.19 Å². The van der Waals surface area contributed by atoms with Crippen LogP contribution in [0.4, 0.5) is 11.8 Å². The summed E-state index contributed by atoms with van der Waals surface area (Å²) >= 11 is 0. The Morgan fingerprint density at radius 2 is 2.03 bits per heavy atom. The molecule has 4 rings (SSSR count). The molecule has 0 radical (unpaired) electrons. The maximum absolute atomic E-state index is 12.6. The number of fused-ring (bicyclic) bond motifs is 1. The SMILES string of the molecule is CC(C)(CO)Nc1nc(N2CC=C(c3ccc(C#C[Si](C)(C)C)cn3)CC2)nc2c1S(=O)CC2. The molecule has 1 unspecified atom stereocenters. The van der Waals surface area contributed by atoms with E-state index < -0.39 is 24.4 Å². The summed E-state index contributed by atoms with van der Waals surface area (Å²) in [5, 5.41) is 13.0. The van der Waals surface area contributed by atoms with Gasteiger partial charge in [0, 0.05) is 37.0 Å². The monoisotopic (exact) mass is 495 g/mol. The molecule has 1 atom stereocenters. The Bertz CT molecular complexity index is 1190. The van der Waals surface area contributed by atoms with E-state index in [2.05, 4.69) is 58.4 Å². The predicted octanol–water partition coefficient (Wildman–Crippen LogP) is 3.24. The Balaban J connectivity index is 1.53. The first kappa shape index (κ1) is 24.6. The minimum Gasteiger partial charge on any atom is -0.394 e. The number of aliphatic hydroxyl groups excluding tert-OH is 1. The highest BCUT2D eigenvalue weighted by Gasteiger charge is 2.30. The number of pyridine rings is 1. The minimum absolute atomic E-state index is 0.0565. The highest BCUT2D eigenvalue weighted by molar-refractivity contribution is 7.85. The second kappa shape index (κ2) is 9.60. The summed E-state index contributed by atoms with van der Waals surface area (Å²) in [5.74, 6) is 5.02. The van der Waals surface area contributed by atoms with Gasteiger partial charge in [-0.2, -0.15) is 4.98 Å². The van der Waals surface area contributed by atoms with E-state index in [4.69, 9.17) is 9.97 Å². The molecule has 180 valence electrons. The van der Waals surface area contributed by atoms with Gasteiger partial charge in [-0.15, -0.1) is 5.54 Å². The maximum Gasteiger partial charge on any atom is 0.227 e. The fourth-order valence-corrected chi connectivity index (χ4v) is 5.60. The molecule has 0 saturated carbocycles. The van der Waals surface area contributed by atoms with Crippen LogP contribution in [0.15, 0.2) is 29.3 Å². The topological polar surface area (TPSA) is 91.2 Å². The normalized spacial score (nSPS) is 18.1. The summed E-state index contributed by atoms with van der Waals surface area (Å²) in [5.41, 5.74) is 6.80. The zero-order valence-corrected chi connectivity index (χ0v) is 22.4. The number of hydrogen-bond acceptors (Lipinski definition) is 7. The third-order valence-electron chi connectivity index (χ3n) is 5.69. The highest BCUT2D eigenvalue weighted by Crippen LogP contribution is 2.32. The van der Waals surface area contributed by atoms with Crippen LogP contribution in [0, 0.1) is 11.5 Å². The molecule has 2 aromatic heterocycles.